The molecule has 0 saturated heterocycles. The molecule has 5 N–H and O–H groups in total. The van der Waals surface area contributed by atoms with E-state index in [9.17, 15) is 19.7 Å². The Morgan fingerprint density at radius 2 is 1.70 bits per heavy atom. The molecule has 11 heteroatoms. The molecule has 0 heterocycles. The number of carbonyl (C=O) groups is 2. The molecule has 0 aliphatic heterocycles. The van der Waals surface area contributed by atoms with Gasteiger partial charge in [0, 0.05) is 12.1 Å². The zero-order valence-electron chi connectivity index (χ0n) is 16.0. The number of amides is 1. The van der Waals surface area contributed by atoms with Crippen LogP contribution in [0.5, 0.6) is 0 Å². The van der Waals surface area contributed by atoms with Crippen LogP contribution in [0.2, 0.25) is 0 Å². The average molecular weight is 414 g/mol. The van der Waals surface area contributed by atoms with Crippen LogP contribution >= 0.6 is 0 Å². The number of hydrazine groups is 1. The van der Waals surface area contributed by atoms with Gasteiger partial charge in [-0.15, -0.1) is 0 Å². The highest BCUT2D eigenvalue weighted by molar-refractivity contribution is 5.96. The summed E-state index contributed by atoms with van der Waals surface area (Å²) >= 11 is 0. The molecule has 0 aliphatic rings. The summed E-state index contributed by atoms with van der Waals surface area (Å²) in [5.41, 5.74) is 10.9. The van der Waals surface area contributed by atoms with E-state index in [1.807, 2.05) is 0 Å². The molecule has 0 bridgehead atoms. The summed E-state index contributed by atoms with van der Waals surface area (Å²) in [5, 5.41) is 13.3. The number of hydrogen-bond donors (Lipinski definition) is 3. The van der Waals surface area contributed by atoms with Gasteiger partial charge in [-0.2, -0.15) is 0 Å². The van der Waals surface area contributed by atoms with Crippen LogP contribution in [-0.4, -0.2) is 35.5 Å². The average Bonchev–Trinajstić information content (AvgIpc) is 2.74. The van der Waals surface area contributed by atoms with Crippen molar-refractivity contribution in [3.63, 3.8) is 0 Å². The van der Waals surface area contributed by atoms with E-state index in [-0.39, 0.29) is 29.8 Å². The Balaban J connectivity index is 2.14. The highest BCUT2D eigenvalue weighted by Crippen LogP contribution is 2.15. The lowest BCUT2D eigenvalue weighted by molar-refractivity contribution is -0.539. The molecule has 30 heavy (non-hydrogen) atoms. The number of carbonyl (C=O) groups excluding carboxylic acids is 2. The van der Waals surface area contributed by atoms with Crippen LogP contribution in [0.15, 0.2) is 65.7 Å². The minimum Gasteiger partial charge on any atom is -0.370 e. The molecule has 158 valence electrons. The highest BCUT2D eigenvalue weighted by atomic mass is 16.8. The number of aliphatic imine (C=N–C) groups is 1. The van der Waals surface area contributed by atoms with Crippen molar-refractivity contribution in [2.45, 2.75) is 18.9 Å². The number of hydrogen-bond acceptors (Lipinski definition) is 6. The molecule has 0 saturated carbocycles. The minimum atomic E-state index is -1.15. The van der Waals surface area contributed by atoms with Gasteiger partial charge in [-0.25, -0.2) is 14.9 Å². The number of benzene rings is 2. The molecule has 2 aromatic carbocycles. The van der Waals surface area contributed by atoms with E-state index in [4.69, 9.17) is 16.3 Å². The van der Waals surface area contributed by atoms with E-state index in [2.05, 4.69) is 10.3 Å². The Morgan fingerprint density at radius 1 is 1.10 bits per heavy atom. The third-order valence-electron chi connectivity index (χ3n) is 3.87. The molecule has 1 atom stereocenters. The maximum absolute atomic E-state index is 12.7. The maximum atomic E-state index is 12.7. The van der Waals surface area contributed by atoms with Gasteiger partial charge >= 0.3 is 5.97 Å². The van der Waals surface area contributed by atoms with E-state index in [0.29, 0.717) is 12.0 Å². The van der Waals surface area contributed by atoms with Crippen molar-refractivity contribution in [2.24, 2.45) is 16.5 Å². The Labute approximate surface area is 172 Å². The van der Waals surface area contributed by atoms with Gasteiger partial charge in [0.25, 0.3) is 5.91 Å². The van der Waals surface area contributed by atoms with Gasteiger partial charge < -0.3 is 16.8 Å². The van der Waals surface area contributed by atoms with Crippen molar-refractivity contribution in [3.8, 4) is 0 Å². The van der Waals surface area contributed by atoms with E-state index < -0.39 is 23.0 Å². The van der Waals surface area contributed by atoms with Gasteiger partial charge in [-0.3, -0.25) is 14.6 Å². The maximum Gasteiger partial charge on any atom is 0.361 e. The van der Waals surface area contributed by atoms with Crippen molar-refractivity contribution < 1.29 is 19.5 Å². The summed E-state index contributed by atoms with van der Waals surface area (Å²) in [7, 11) is 0. The van der Waals surface area contributed by atoms with Crippen LogP contribution in [0.25, 0.3) is 0 Å². The molecule has 0 radical (unpaired) electrons. The predicted octanol–water partition coefficient (Wildman–Crippen LogP) is 0.995. The summed E-state index contributed by atoms with van der Waals surface area (Å²) in [6, 6.07) is 14.7. The second kappa shape index (κ2) is 11.0. The van der Waals surface area contributed by atoms with Gasteiger partial charge in [0.1, 0.15) is 11.7 Å². The van der Waals surface area contributed by atoms with Crippen LogP contribution in [-0.2, 0) is 9.63 Å². The number of anilines is 1. The predicted molar refractivity (Wildman–Crippen MR) is 110 cm³/mol. The quantitative estimate of drug-likeness (QED) is 0.170. The monoisotopic (exact) mass is 414 g/mol. The summed E-state index contributed by atoms with van der Waals surface area (Å²) in [4.78, 5) is 45.3. The molecular formula is C19H22N6O5. The first-order valence-electron chi connectivity index (χ1n) is 9.01. The summed E-state index contributed by atoms with van der Waals surface area (Å²) in [6.07, 6.45) is 0.436. The van der Waals surface area contributed by atoms with Gasteiger partial charge in [-0.1, -0.05) is 36.4 Å². The molecule has 0 aromatic heterocycles. The van der Waals surface area contributed by atoms with Crippen LogP contribution in [0.3, 0.4) is 0 Å². The first kappa shape index (κ1) is 22.1. The molecule has 1 amide bonds. The third kappa shape index (κ3) is 6.78. The Bertz CT molecular complexity index is 887. The number of para-hydroxylation sites is 1. The SMILES string of the molecule is NC(N)=NCCC[C@@H](NC(=O)c1ccccc1)C(=O)ON(c1ccccc1)[N+](=O)[O-]. The normalized spacial score (nSPS) is 11.1. The lowest BCUT2D eigenvalue weighted by Crippen LogP contribution is -2.45. The minimum absolute atomic E-state index is 0.0458. The smallest absolute Gasteiger partial charge is 0.361 e. The number of nitrogens with one attached hydrogen (secondary N) is 1. The molecule has 0 aliphatic carbocycles. The lowest BCUT2D eigenvalue weighted by atomic mass is 10.1. The largest absolute Gasteiger partial charge is 0.370 e. The molecule has 2 rings (SSSR count). The highest BCUT2D eigenvalue weighted by Gasteiger charge is 2.30. The zero-order chi connectivity index (χ0) is 21.9. The van der Waals surface area contributed by atoms with Crippen molar-refractivity contribution in [1.29, 1.82) is 0 Å². The number of nitrogens with zero attached hydrogens (tertiary/aromatic N) is 3. The second-order valence-corrected chi connectivity index (χ2v) is 6.10. The standard InChI is InChI=1S/C19H22N6O5/c20-19(21)22-13-7-12-16(23-17(26)14-8-3-1-4-9-14)18(27)30-24(25(28)29)15-10-5-2-6-11-15/h1-6,8-11,16H,7,12-13H2,(H,23,26)(H4,20,21,22)/t16-/m1/s1. The summed E-state index contributed by atoms with van der Waals surface area (Å²) < 4.78 is 0. The Morgan fingerprint density at radius 3 is 2.27 bits per heavy atom. The number of rotatable bonds is 10. The van der Waals surface area contributed by atoms with Crippen LogP contribution < -0.4 is 22.0 Å². The van der Waals surface area contributed by atoms with E-state index in [0.717, 1.165) is 0 Å². The van der Waals surface area contributed by atoms with E-state index in [1.165, 1.54) is 12.1 Å². The second-order valence-electron chi connectivity index (χ2n) is 6.10. The third-order valence-corrected chi connectivity index (χ3v) is 3.87. The van der Waals surface area contributed by atoms with E-state index in [1.54, 1.807) is 48.5 Å². The topological polar surface area (TPSA) is 166 Å². The number of nitro groups is 1. The molecule has 0 unspecified atom stereocenters. The fourth-order valence-electron chi connectivity index (χ4n) is 2.47. The van der Waals surface area contributed by atoms with Crippen molar-refractivity contribution in [2.75, 3.05) is 11.7 Å². The Kier molecular flexibility index (Phi) is 8.12. The molecular weight excluding hydrogens is 392 g/mol. The zero-order valence-corrected chi connectivity index (χ0v) is 16.0. The molecule has 2 aromatic rings. The van der Waals surface area contributed by atoms with Gasteiger partial charge in [0.15, 0.2) is 5.96 Å². The summed E-state index contributed by atoms with van der Waals surface area (Å²) in [6.45, 7) is 0.213. The number of guanidine groups is 1. The van der Waals surface area contributed by atoms with Crippen LogP contribution in [0.1, 0.15) is 23.2 Å². The fraction of sp³-hybridized carbons (Fsp3) is 0.211. The molecule has 0 spiro atoms. The van der Waals surface area contributed by atoms with Gasteiger partial charge in [0.05, 0.1) is 5.17 Å². The summed E-state index contributed by atoms with van der Waals surface area (Å²) in [5.74, 6) is -1.62. The van der Waals surface area contributed by atoms with E-state index >= 15 is 0 Å². The fourth-order valence-corrected chi connectivity index (χ4v) is 2.47. The first-order chi connectivity index (χ1) is 14.4. The first-order valence-corrected chi connectivity index (χ1v) is 9.01. The van der Waals surface area contributed by atoms with Crippen molar-refractivity contribution in [3.05, 3.63) is 76.3 Å². The van der Waals surface area contributed by atoms with Gasteiger partial charge in [-0.05, 0) is 37.1 Å². The molecule has 11 nitrogen and oxygen atoms in total. The van der Waals surface area contributed by atoms with Crippen LogP contribution in [0.4, 0.5) is 5.69 Å². The molecule has 0 fully saturated rings. The Hall–Kier alpha value is -4.15. The van der Waals surface area contributed by atoms with Gasteiger partial charge in [0.2, 0.25) is 5.03 Å². The number of nitrogens with two attached hydrogens (primary N) is 2. The van der Waals surface area contributed by atoms with Crippen molar-refractivity contribution >= 4 is 23.5 Å². The van der Waals surface area contributed by atoms with Crippen molar-refractivity contribution in [1.82, 2.24) is 5.32 Å². The van der Waals surface area contributed by atoms with Crippen LogP contribution in [0, 0.1) is 10.1 Å². The lowest BCUT2D eigenvalue weighted by Gasteiger charge is -2.19.